The van der Waals surface area contributed by atoms with Crippen LogP contribution in [0.3, 0.4) is 0 Å². The Morgan fingerprint density at radius 3 is 2.59 bits per heavy atom. The highest BCUT2D eigenvalue weighted by molar-refractivity contribution is 7.99. The van der Waals surface area contributed by atoms with Gasteiger partial charge in [-0.05, 0) is 48.9 Å². The molecule has 44 heavy (non-hydrogen) atoms. The zero-order valence-corrected chi connectivity index (χ0v) is 25.3. The minimum Gasteiger partial charge on any atom is -0.870 e. The van der Waals surface area contributed by atoms with Gasteiger partial charge in [-0.2, -0.15) is 9.49 Å². The number of nitrogens with one attached hydrogen (secondary N) is 3. The first kappa shape index (κ1) is 32.7. The minimum absolute atomic E-state index is 0. The summed E-state index contributed by atoms with van der Waals surface area (Å²) in [4.78, 5) is 21.9. The summed E-state index contributed by atoms with van der Waals surface area (Å²) in [7, 11) is -2.48. The summed E-state index contributed by atoms with van der Waals surface area (Å²) in [5.74, 6) is -0.420. The number of H-pyrrole nitrogens is 1. The van der Waals surface area contributed by atoms with Gasteiger partial charge in [0, 0.05) is 41.0 Å². The normalized spacial score (nSPS) is 13.3. The van der Waals surface area contributed by atoms with E-state index >= 15 is 4.39 Å². The second-order valence-electron chi connectivity index (χ2n) is 9.52. The first-order valence-electron chi connectivity index (χ1n) is 13.1. The van der Waals surface area contributed by atoms with Crippen molar-refractivity contribution in [1.82, 2.24) is 20.2 Å². The van der Waals surface area contributed by atoms with Crippen molar-refractivity contribution >= 4 is 44.7 Å². The first-order valence-corrected chi connectivity index (χ1v) is 15.6. The van der Waals surface area contributed by atoms with Crippen LogP contribution in [-0.2, 0) is 21.0 Å². The summed E-state index contributed by atoms with van der Waals surface area (Å²) in [6, 6.07) is 9.41. The van der Waals surface area contributed by atoms with E-state index in [-0.39, 0.29) is 38.1 Å². The van der Waals surface area contributed by atoms with E-state index in [1.54, 1.807) is 6.07 Å². The number of anilines is 3. The molecule has 2 aromatic carbocycles. The average Bonchev–Trinajstić information content (AvgIpc) is 3.42. The molecule has 1 fully saturated rings. The van der Waals surface area contributed by atoms with Crippen molar-refractivity contribution in [3.05, 3.63) is 70.3 Å². The van der Waals surface area contributed by atoms with Gasteiger partial charge < -0.3 is 25.2 Å². The highest BCUT2D eigenvalue weighted by atomic mass is 32.2. The molecule has 0 aliphatic carbocycles. The monoisotopic (exact) mass is 649 g/mol. The van der Waals surface area contributed by atoms with Gasteiger partial charge in [0.25, 0.3) is 5.69 Å². The van der Waals surface area contributed by atoms with Gasteiger partial charge in [0.05, 0.1) is 35.9 Å². The van der Waals surface area contributed by atoms with Gasteiger partial charge in [0.15, 0.2) is 32.4 Å². The highest BCUT2D eigenvalue weighted by Gasteiger charge is 2.25. The molecule has 1 saturated heterocycles. The molecule has 3 heterocycles. The molecule has 13 nitrogen and oxygen atoms in total. The van der Waals surface area contributed by atoms with Crippen molar-refractivity contribution in [2.24, 2.45) is 0 Å². The summed E-state index contributed by atoms with van der Waals surface area (Å²) >= 11 is 0.917. The summed E-state index contributed by atoms with van der Waals surface area (Å²) in [5, 5.41) is 11.8. The lowest BCUT2D eigenvalue weighted by atomic mass is 10.1. The van der Waals surface area contributed by atoms with Crippen LogP contribution in [0, 0.1) is 23.5 Å². The molecular formula is C27H29F2N7O6S2. The molecule has 0 bridgehead atoms. The van der Waals surface area contributed by atoms with Crippen molar-refractivity contribution in [2.75, 3.05) is 49.4 Å². The van der Waals surface area contributed by atoms with Crippen LogP contribution in [0.1, 0.15) is 11.3 Å². The van der Waals surface area contributed by atoms with Gasteiger partial charge in [-0.15, -0.1) is 0 Å². The Labute approximate surface area is 255 Å². The summed E-state index contributed by atoms with van der Waals surface area (Å²) in [6.45, 7) is 3.96. The molecule has 234 valence electrons. The Balaban J connectivity index is 0.00000442. The van der Waals surface area contributed by atoms with E-state index in [0.717, 1.165) is 23.5 Å². The SMILES string of the molecule is COc1c(Nc2cc(C)[nH]n2)nc(Sc2ccc(S(=O)(=O)CCc3cccc([NH+]=O)c3F)cc2F)nc1N1CCOCC1.[OH-]. The van der Waals surface area contributed by atoms with Crippen molar-refractivity contribution in [3.8, 4) is 5.75 Å². The molecule has 1 aliphatic rings. The fourth-order valence-corrected chi connectivity index (χ4v) is 6.44. The summed E-state index contributed by atoms with van der Waals surface area (Å²) < 4.78 is 66.7. The van der Waals surface area contributed by atoms with Crippen LogP contribution in [0.2, 0.25) is 0 Å². The maximum absolute atomic E-state index is 15.3. The van der Waals surface area contributed by atoms with E-state index in [2.05, 4.69) is 25.5 Å². The summed E-state index contributed by atoms with van der Waals surface area (Å²) in [5.41, 5.74) is 0.602. The number of halogens is 2. The zero-order chi connectivity index (χ0) is 30.6. The Morgan fingerprint density at radius 2 is 1.93 bits per heavy atom. The number of hydrogen-bond donors (Lipinski definition) is 3. The van der Waals surface area contributed by atoms with E-state index in [4.69, 9.17) is 9.47 Å². The molecule has 0 spiro atoms. The number of morpholine rings is 1. The molecule has 4 aromatic rings. The average molecular weight is 650 g/mol. The third kappa shape index (κ3) is 7.29. The van der Waals surface area contributed by atoms with Crippen LogP contribution < -0.4 is 20.1 Å². The van der Waals surface area contributed by atoms with E-state index in [0.29, 0.717) is 49.5 Å². The van der Waals surface area contributed by atoms with Crippen LogP contribution in [-0.4, -0.2) is 73.2 Å². The van der Waals surface area contributed by atoms with Gasteiger partial charge in [-0.1, -0.05) is 12.1 Å². The van der Waals surface area contributed by atoms with E-state index in [1.165, 1.54) is 42.6 Å². The molecule has 0 radical (unpaired) electrons. The maximum atomic E-state index is 15.3. The van der Waals surface area contributed by atoms with Gasteiger partial charge in [-0.3, -0.25) is 5.10 Å². The van der Waals surface area contributed by atoms with Crippen molar-refractivity contribution in [3.63, 3.8) is 0 Å². The number of ether oxygens (including phenoxy) is 2. The zero-order valence-electron chi connectivity index (χ0n) is 23.6. The number of aromatic amines is 1. The molecule has 1 aliphatic heterocycles. The molecule has 17 heteroatoms. The number of nitroso groups, excluding NO2 is 1. The first-order chi connectivity index (χ1) is 20.7. The number of aromatic nitrogens is 4. The lowest BCUT2D eigenvalue weighted by Crippen LogP contribution is -2.56. The second kappa shape index (κ2) is 14.1. The fraction of sp³-hybridized carbons (Fsp3) is 0.296. The molecule has 5 rings (SSSR count). The van der Waals surface area contributed by atoms with Gasteiger partial charge in [0.2, 0.25) is 11.6 Å². The van der Waals surface area contributed by atoms with Gasteiger partial charge in [0.1, 0.15) is 5.82 Å². The topological polar surface area (TPSA) is 183 Å². The number of hydrogen-bond acceptors (Lipinski definition) is 12. The smallest absolute Gasteiger partial charge is 0.289 e. The fourth-order valence-electron chi connectivity index (χ4n) is 4.40. The molecule has 0 unspecified atom stereocenters. The lowest BCUT2D eigenvalue weighted by molar-refractivity contribution is -0.382. The van der Waals surface area contributed by atoms with Crippen LogP contribution >= 0.6 is 11.8 Å². The second-order valence-corrected chi connectivity index (χ2v) is 12.6. The third-order valence-electron chi connectivity index (χ3n) is 6.59. The number of aryl methyl sites for hydroxylation is 2. The van der Waals surface area contributed by atoms with E-state index in [9.17, 15) is 17.7 Å². The number of rotatable bonds is 11. The number of nitrogens with zero attached hydrogens (tertiary/aromatic N) is 4. The number of sulfone groups is 1. The van der Waals surface area contributed by atoms with Crippen molar-refractivity contribution in [1.29, 1.82) is 0 Å². The van der Waals surface area contributed by atoms with Crippen LogP contribution in [0.15, 0.2) is 57.4 Å². The molecule has 0 saturated carbocycles. The van der Waals surface area contributed by atoms with E-state index < -0.39 is 27.2 Å². The molecule has 2 aromatic heterocycles. The van der Waals surface area contributed by atoms with E-state index in [1.807, 2.05) is 11.8 Å². The largest absolute Gasteiger partial charge is 0.870 e. The minimum atomic E-state index is -3.98. The quantitative estimate of drug-likeness (QED) is 0.202. The number of benzene rings is 2. The molecule has 0 amide bonds. The van der Waals surface area contributed by atoms with Gasteiger partial charge in [-0.25, -0.2) is 22.8 Å². The van der Waals surface area contributed by atoms with Crippen LogP contribution in [0.4, 0.5) is 31.9 Å². The van der Waals surface area contributed by atoms with Crippen molar-refractivity contribution in [2.45, 2.75) is 28.3 Å². The molecule has 4 N–H and O–H groups in total. The Morgan fingerprint density at radius 1 is 1.16 bits per heavy atom. The Kier molecular flexibility index (Phi) is 10.5. The predicted molar refractivity (Wildman–Crippen MR) is 157 cm³/mol. The Hall–Kier alpha value is -4.19. The van der Waals surface area contributed by atoms with Crippen LogP contribution in [0.25, 0.3) is 0 Å². The maximum Gasteiger partial charge on any atom is 0.289 e. The summed E-state index contributed by atoms with van der Waals surface area (Å²) in [6.07, 6.45) is -0.197. The van der Waals surface area contributed by atoms with Crippen LogP contribution in [0.5, 0.6) is 5.75 Å². The third-order valence-corrected chi connectivity index (χ3v) is 9.22. The van der Waals surface area contributed by atoms with Gasteiger partial charge >= 0.3 is 0 Å². The highest BCUT2D eigenvalue weighted by Crippen LogP contribution is 2.39. The van der Waals surface area contributed by atoms with Crippen molar-refractivity contribution < 1.29 is 37.3 Å². The number of methoxy groups -OCH3 is 1. The molecule has 0 atom stereocenters. The Bertz CT molecular complexity index is 1750. The molecular weight excluding hydrogens is 620 g/mol. The standard InChI is InChI=1S/C27H27F2N7O5S2.H2O/c1-16-14-22(34-33-16)30-25-24(40-2)26(36-9-11-41-12-10-36)32-27(31-25)42-21-7-6-18(15-19(21)28)43(38,39)13-8-17-4-3-5-20(35-37)23(17)29;/h3-7,14-15H,8-13H2,1-2H3,(H2,30,31,32,33,34);1H2. The lowest BCUT2D eigenvalue weighted by Gasteiger charge is -2.29. The predicted octanol–water partition coefficient (Wildman–Crippen LogP) is 2.84.